The standard InChI is InChI=1S/C29H33BrN2O2/c1-32(2)15-13-24(25-6-4-5-20-14-16-34-28(20)25)23(11-9-19-7-8-19)26-18-21-17-22(30)10-12-27(21)31-29(26)33-3/h4-6,10,12,14,16-19,23-24H,7-9,11,13,15H2,1-3H3. The summed E-state index contributed by atoms with van der Waals surface area (Å²) < 4.78 is 13.0. The molecule has 34 heavy (non-hydrogen) atoms. The van der Waals surface area contributed by atoms with Crippen molar-refractivity contribution in [2.75, 3.05) is 27.7 Å². The van der Waals surface area contributed by atoms with Crippen LogP contribution in [0.25, 0.3) is 21.9 Å². The Bertz CT molecular complexity index is 1280. The van der Waals surface area contributed by atoms with Crippen molar-refractivity contribution in [1.29, 1.82) is 0 Å². The highest BCUT2D eigenvalue weighted by atomic mass is 79.9. The molecule has 0 bridgehead atoms. The van der Waals surface area contributed by atoms with Crippen molar-refractivity contribution >= 4 is 37.8 Å². The third kappa shape index (κ3) is 5.01. The number of para-hydroxylation sites is 1. The zero-order valence-electron chi connectivity index (χ0n) is 20.3. The third-order valence-corrected chi connectivity index (χ3v) is 7.72. The highest BCUT2D eigenvalue weighted by Crippen LogP contribution is 2.47. The fourth-order valence-corrected chi connectivity index (χ4v) is 5.63. The number of benzene rings is 2. The first kappa shape index (κ1) is 23.4. The Hall–Kier alpha value is -2.37. The van der Waals surface area contributed by atoms with Crippen LogP contribution in [0, 0.1) is 5.92 Å². The van der Waals surface area contributed by atoms with Gasteiger partial charge in [0, 0.05) is 20.8 Å². The molecule has 4 aromatic rings. The van der Waals surface area contributed by atoms with E-state index in [1.807, 2.05) is 12.3 Å². The molecule has 2 aromatic carbocycles. The van der Waals surface area contributed by atoms with Gasteiger partial charge in [0.15, 0.2) is 0 Å². The summed E-state index contributed by atoms with van der Waals surface area (Å²) in [6.45, 7) is 1.01. The van der Waals surface area contributed by atoms with Gasteiger partial charge in [-0.2, -0.15) is 0 Å². The molecule has 1 fully saturated rings. The number of nitrogens with zero attached hydrogens (tertiary/aromatic N) is 2. The molecule has 5 rings (SSSR count). The second kappa shape index (κ2) is 10.1. The molecule has 4 nitrogen and oxygen atoms in total. The zero-order chi connectivity index (χ0) is 23.7. The molecule has 0 radical (unpaired) electrons. The molecule has 178 valence electrons. The van der Waals surface area contributed by atoms with E-state index in [-0.39, 0.29) is 0 Å². The van der Waals surface area contributed by atoms with Crippen molar-refractivity contribution in [3.8, 4) is 5.88 Å². The summed E-state index contributed by atoms with van der Waals surface area (Å²) in [5.74, 6) is 2.21. The van der Waals surface area contributed by atoms with E-state index in [0.717, 1.165) is 52.1 Å². The van der Waals surface area contributed by atoms with Gasteiger partial charge in [-0.05, 0) is 93.6 Å². The Morgan fingerprint density at radius 1 is 1.03 bits per heavy atom. The number of hydrogen-bond acceptors (Lipinski definition) is 4. The maximum Gasteiger partial charge on any atom is 0.217 e. The quantitative estimate of drug-likeness (QED) is 0.214. The van der Waals surface area contributed by atoms with Crippen LogP contribution in [0.4, 0.5) is 0 Å². The van der Waals surface area contributed by atoms with Crippen LogP contribution in [0.3, 0.4) is 0 Å². The summed E-state index contributed by atoms with van der Waals surface area (Å²) in [5, 5.41) is 2.31. The Balaban J connectivity index is 1.65. The third-order valence-electron chi connectivity index (χ3n) is 7.23. The molecular weight excluding hydrogens is 488 g/mol. The summed E-state index contributed by atoms with van der Waals surface area (Å²) in [6.07, 6.45) is 7.95. The van der Waals surface area contributed by atoms with Crippen LogP contribution < -0.4 is 4.74 Å². The largest absolute Gasteiger partial charge is 0.481 e. The summed E-state index contributed by atoms with van der Waals surface area (Å²) in [4.78, 5) is 7.22. The van der Waals surface area contributed by atoms with Crippen molar-refractivity contribution in [3.63, 3.8) is 0 Å². The van der Waals surface area contributed by atoms with E-state index in [0.29, 0.717) is 11.8 Å². The molecule has 2 heterocycles. The number of halogens is 1. The highest BCUT2D eigenvalue weighted by Gasteiger charge is 2.32. The molecule has 5 heteroatoms. The number of rotatable bonds is 10. The van der Waals surface area contributed by atoms with Gasteiger partial charge >= 0.3 is 0 Å². The molecule has 1 aliphatic rings. The van der Waals surface area contributed by atoms with Crippen LogP contribution >= 0.6 is 15.9 Å². The Labute approximate surface area is 210 Å². The number of hydrogen-bond donors (Lipinski definition) is 0. The summed E-state index contributed by atoms with van der Waals surface area (Å²) >= 11 is 3.64. The van der Waals surface area contributed by atoms with Crippen molar-refractivity contribution < 1.29 is 9.15 Å². The minimum Gasteiger partial charge on any atom is -0.481 e. The Morgan fingerprint density at radius 3 is 2.62 bits per heavy atom. The zero-order valence-corrected chi connectivity index (χ0v) is 21.8. The molecule has 0 aliphatic heterocycles. The number of aromatic nitrogens is 1. The minimum absolute atomic E-state index is 0.294. The summed E-state index contributed by atoms with van der Waals surface area (Å²) in [5.41, 5.74) is 4.48. The molecule has 1 saturated carbocycles. The van der Waals surface area contributed by atoms with Crippen LogP contribution in [0.1, 0.15) is 55.1 Å². The predicted molar refractivity (Wildman–Crippen MR) is 143 cm³/mol. The van der Waals surface area contributed by atoms with Crippen LogP contribution in [-0.2, 0) is 0 Å². The SMILES string of the molecule is COc1nc2ccc(Br)cc2cc1C(CCC1CC1)C(CCN(C)C)c1cccc2ccoc12. The van der Waals surface area contributed by atoms with E-state index < -0.39 is 0 Å². The van der Waals surface area contributed by atoms with E-state index in [2.05, 4.69) is 77.4 Å². The van der Waals surface area contributed by atoms with Gasteiger partial charge < -0.3 is 14.1 Å². The van der Waals surface area contributed by atoms with Gasteiger partial charge in [0.25, 0.3) is 0 Å². The van der Waals surface area contributed by atoms with E-state index >= 15 is 0 Å². The lowest BCUT2D eigenvalue weighted by molar-refractivity contribution is 0.343. The first-order valence-electron chi connectivity index (χ1n) is 12.3. The van der Waals surface area contributed by atoms with Gasteiger partial charge in [-0.15, -0.1) is 0 Å². The van der Waals surface area contributed by atoms with Crippen molar-refractivity contribution in [3.05, 3.63) is 70.4 Å². The predicted octanol–water partition coefficient (Wildman–Crippen LogP) is 7.76. The number of furan rings is 1. The fourth-order valence-electron chi connectivity index (χ4n) is 5.25. The van der Waals surface area contributed by atoms with E-state index in [9.17, 15) is 0 Å². The second-order valence-corrected chi connectivity index (χ2v) is 10.9. The molecular formula is C29H33BrN2O2. The Kier molecular flexibility index (Phi) is 6.94. The van der Waals surface area contributed by atoms with E-state index in [1.165, 1.54) is 35.8 Å². The lowest BCUT2D eigenvalue weighted by atomic mass is 9.76. The molecule has 0 saturated heterocycles. The number of methoxy groups -OCH3 is 1. The van der Waals surface area contributed by atoms with Crippen LogP contribution in [0.15, 0.2) is 63.7 Å². The van der Waals surface area contributed by atoms with Crippen LogP contribution in [-0.4, -0.2) is 37.6 Å². The normalized spacial score (nSPS) is 15.8. The maximum absolute atomic E-state index is 6.04. The first-order chi connectivity index (χ1) is 16.5. The van der Waals surface area contributed by atoms with Crippen molar-refractivity contribution in [2.24, 2.45) is 5.92 Å². The minimum atomic E-state index is 0.294. The van der Waals surface area contributed by atoms with Crippen LogP contribution in [0.2, 0.25) is 0 Å². The average molecular weight is 521 g/mol. The van der Waals surface area contributed by atoms with E-state index in [4.69, 9.17) is 14.1 Å². The fraction of sp³-hybridized carbons (Fsp3) is 0.414. The van der Waals surface area contributed by atoms with Crippen molar-refractivity contribution in [1.82, 2.24) is 9.88 Å². The molecule has 2 aromatic heterocycles. The number of pyridine rings is 1. The average Bonchev–Trinajstić information content (AvgIpc) is 3.53. The second-order valence-electron chi connectivity index (χ2n) is 9.94. The maximum atomic E-state index is 6.04. The van der Waals surface area contributed by atoms with Gasteiger partial charge in [-0.3, -0.25) is 0 Å². The number of ether oxygens (including phenoxy) is 1. The number of fused-ring (bicyclic) bond motifs is 2. The van der Waals surface area contributed by atoms with Crippen molar-refractivity contribution in [2.45, 2.75) is 43.9 Å². The molecule has 2 atom stereocenters. The monoisotopic (exact) mass is 520 g/mol. The topological polar surface area (TPSA) is 38.5 Å². The van der Waals surface area contributed by atoms with Gasteiger partial charge in [-0.25, -0.2) is 4.98 Å². The first-order valence-corrected chi connectivity index (χ1v) is 13.1. The molecule has 0 spiro atoms. The molecule has 0 amide bonds. The lowest BCUT2D eigenvalue weighted by Gasteiger charge is -2.30. The summed E-state index contributed by atoms with van der Waals surface area (Å²) in [6, 6.07) is 17.2. The van der Waals surface area contributed by atoms with Gasteiger partial charge in [0.05, 0.1) is 18.9 Å². The van der Waals surface area contributed by atoms with Gasteiger partial charge in [0.1, 0.15) is 5.58 Å². The van der Waals surface area contributed by atoms with E-state index in [1.54, 1.807) is 7.11 Å². The van der Waals surface area contributed by atoms with Gasteiger partial charge in [0.2, 0.25) is 5.88 Å². The van der Waals surface area contributed by atoms with Gasteiger partial charge in [-0.1, -0.05) is 47.0 Å². The smallest absolute Gasteiger partial charge is 0.217 e. The molecule has 1 aliphatic carbocycles. The summed E-state index contributed by atoms with van der Waals surface area (Å²) in [7, 11) is 6.05. The lowest BCUT2D eigenvalue weighted by Crippen LogP contribution is -2.21. The molecule has 0 N–H and O–H groups in total. The highest BCUT2D eigenvalue weighted by molar-refractivity contribution is 9.10. The molecule has 2 unspecified atom stereocenters. The Morgan fingerprint density at radius 2 is 1.85 bits per heavy atom. The van der Waals surface area contributed by atoms with Crippen LogP contribution in [0.5, 0.6) is 5.88 Å².